The van der Waals surface area contributed by atoms with Crippen LogP contribution in [0, 0.1) is 6.92 Å². The minimum Gasteiger partial charge on any atom is -0.507 e. The van der Waals surface area contributed by atoms with Gasteiger partial charge < -0.3 is 9.84 Å². The molecule has 192 valence electrons. The molecule has 1 saturated heterocycles. The number of nitrogens with zero attached hydrogens (tertiary/aromatic N) is 3. The number of ketones is 1. The molecule has 1 unspecified atom stereocenters. The van der Waals surface area contributed by atoms with E-state index in [2.05, 4.69) is 34.5 Å². The lowest BCUT2D eigenvalue weighted by Gasteiger charge is -2.22. The lowest BCUT2D eigenvalue weighted by atomic mass is 9.95. The maximum absolute atomic E-state index is 13.3. The number of amides is 1. The first-order valence-electron chi connectivity index (χ1n) is 11.6. The summed E-state index contributed by atoms with van der Waals surface area (Å²) in [6, 6.07) is 20.7. The predicted octanol–water partition coefficient (Wildman–Crippen LogP) is 6.43. The van der Waals surface area contributed by atoms with Gasteiger partial charge in [0.25, 0.3) is 5.78 Å². The quantitative estimate of drug-likeness (QED) is 0.0910. The van der Waals surface area contributed by atoms with E-state index in [0.717, 1.165) is 5.56 Å². The first-order chi connectivity index (χ1) is 18.4. The Bertz CT molecular complexity index is 1520. The van der Waals surface area contributed by atoms with E-state index in [0.29, 0.717) is 32.0 Å². The Morgan fingerprint density at radius 1 is 1.03 bits per heavy atom. The molecule has 1 aromatic heterocycles. The number of hydrogen-bond acceptors (Lipinski definition) is 8. The van der Waals surface area contributed by atoms with Crippen LogP contribution in [0.25, 0.3) is 5.76 Å². The Kier molecular flexibility index (Phi) is 7.51. The van der Waals surface area contributed by atoms with Crippen molar-refractivity contribution >= 4 is 57.3 Å². The summed E-state index contributed by atoms with van der Waals surface area (Å²) in [4.78, 5) is 28.0. The summed E-state index contributed by atoms with van der Waals surface area (Å²) in [7, 11) is 1.54. The second-order valence-electron chi connectivity index (χ2n) is 8.57. The van der Waals surface area contributed by atoms with E-state index < -0.39 is 17.7 Å². The van der Waals surface area contributed by atoms with Crippen molar-refractivity contribution in [1.82, 2.24) is 10.2 Å². The molecule has 1 amide bonds. The van der Waals surface area contributed by atoms with Gasteiger partial charge in [-0.3, -0.25) is 14.5 Å². The number of methoxy groups -OCH3 is 1. The Balaban J connectivity index is 1.52. The largest absolute Gasteiger partial charge is 0.507 e. The minimum atomic E-state index is -0.905. The van der Waals surface area contributed by atoms with Crippen molar-refractivity contribution in [3.05, 3.63) is 106 Å². The van der Waals surface area contributed by atoms with Crippen LogP contribution in [0.5, 0.6) is 5.75 Å². The zero-order valence-electron chi connectivity index (χ0n) is 20.4. The third kappa shape index (κ3) is 5.18. The van der Waals surface area contributed by atoms with Crippen LogP contribution in [0.1, 0.15) is 28.3 Å². The highest BCUT2D eigenvalue weighted by Gasteiger charge is 2.48. The summed E-state index contributed by atoms with van der Waals surface area (Å²) in [6.07, 6.45) is 0. The number of hydrogen-bond donors (Lipinski definition) is 1. The van der Waals surface area contributed by atoms with Crippen LogP contribution in [-0.4, -0.2) is 34.1 Å². The molecule has 1 atom stereocenters. The van der Waals surface area contributed by atoms with Crippen molar-refractivity contribution in [1.29, 1.82) is 0 Å². The van der Waals surface area contributed by atoms with E-state index in [4.69, 9.17) is 16.3 Å². The van der Waals surface area contributed by atoms with Gasteiger partial charge in [0.15, 0.2) is 4.34 Å². The number of halogens is 1. The predicted molar refractivity (Wildman–Crippen MR) is 150 cm³/mol. The molecular formula is C28H22ClN3O4S2. The number of anilines is 1. The van der Waals surface area contributed by atoms with Crippen molar-refractivity contribution < 1.29 is 19.4 Å². The molecule has 1 aliphatic heterocycles. The number of carbonyl (C=O) groups is 2. The molecule has 4 aromatic rings. The fraction of sp³-hybridized carbons (Fsp3) is 0.143. The average Bonchev–Trinajstić information content (AvgIpc) is 3.50. The van der Waals surface area contributed by atoms with Crippen LogP contribution < -0.4 is 9.64 Å². The highest BCUT2D eigenvalue weighted by Crippen LogP contribution is 2.44. The first-order valence-corrected chi connectivity index (χ1v) is 13.8. The Morgan fingerprint density at radius 3 is 2.37 bits per heavy atom. The molecule has 5 rings (SSSR count). The van der Waals surface area contributed by atoms with Gasteiger partial charge in [-0.2, -0.15) is 0 Å². The van der Waals surface area contributed by atoms with Crippen LogP contribution >= 0.6 is 34.7 Å². The summed E-state index contributed by atoms with van der Waals surface area (Å²) in [6.45, 7) is 2.04. The second-order valence-corrected chi connectivity index (χ2v) is 11.2. The van der Waals surface area contributed by atoms with Gasteiger partial charge in [-0.15, -0.1) is 10.2 Å². The van der Waals surface area contributed by atoms with Gasteiger partial charge in [-0.1, -0.05) is 76.7 Å². The van der Waals surface area contributed by atoms with Gasteiger partial charge in [0, 0.05) is 16.3 Å². The molecule has 1 aliphatic rings. The van der Waals surface area contributed by atoms with Crippen molar-refractivity contribution in [2.45, 2.75) is 23.1 Å². The molecule has 0 spiro atoms. The smallest absolute Gasteiger partial charge is 0.301 e. The van der Waals surface area contributed by atoms with Crippen LogP contribution in [0.2, 0.25) is 5.02 Å². The van der Waals surface area contributed by atoms with Crippen molar-refractivity contribution in [2.75, 3.05) is 12.0 Å². The Hall–Kier alpha value is -3.66. The highest BCUT2D eigenvalue weighted by molar-refractivity contribution is 8.00. The number of aliphatic hydroxyl groups is 1. The Morgan fingerprint density at radius 2 is 1.71 bits per heavy atom. The van der Waals surface area contributed by atoms with Crippen LogP contribution in [0.3, 0.4) is 0 Å². The molecular weight excluding hydrogens is 542 g/mol. The lowest BCUT2D eigenvalue weighted by molar-refractivity contribution is -0.132. The normalized spacial score (nSPS) is 16.7. The van der Waals surface area contributed by atoms with Crippen molar-refractivity contribution in [2.24, 2.45) is 0 Å². The summed E-state index contributed by atoms with van der Waals surface area (Å²) in [5.74, 6) is -0.590. The van der Waals surface area contributed by atoms with E-state index in [1.165, 1.54) is 40.7 Å². The monoisotopic (exact) mass is 563 g/mol. The standard InChI is InChI=1S/C28H22ClN3O4S2/c1-16-3-5-17(6-4-16)15-37-28-31-30-27(38-28)32-23(18-7-11-20(29)12-8-18)22(25(34)26(32)35)24(33)19-9-13-21(36-2)14-10-19/h3-14,23,33H,15H2,1-2H3/b24-22-. The molecule has 2 heterocycles. The first kappa shape index (κ1) is 26.0. The number of aliphatic hydroxyl groups excluding tert-OH is 1. The van der Waals surface area contributed by atoms with Crippen molar-refractivity contribution in [3.63, 3.8) is 0 Å². The van der Waals surface area contributed by atoms with Gasteiger partial charge in [-0.25, -0.2) is 0 Å². The minimum absolute atomic E-state index is 0.0356. The molecule has 7 nitrogen and oxygen atoms in total. The van der Waals surface area contributed by atoms with Crippen molar-refractivity contribution in [3.8, 4) is 5.75 Å². The summed E-state index contributed by atoms with van der Waals surface area (Å²) < 4.78 is 5.85. The number of benzene rings is 3. The number of carbonyl (C=O) groups excluding carboxylic acids is 2. The highest BCUT2D eigenvalue weighted by atomic mass is 35.5. The van der Waals surface area contributed by atoms with Gasteiger partial charge >= 0.3 is 5.91 Å². The second kappa shape index (κ2) is 11.0. The van der Waals surface area contributed by atoms with E-state index in [1.54, 1.807) is 48.5 Å². The molecule has 10 heteroatoms. The van der Waals surface area contributed by atoms with Gasteiger partial charge in [-0.05, 0) is 54.4 Å². The number of aromatic nitrogens is 2. The average molecular weight is 564 g/mol. The maximum atomic E-state index is 13.3. The third-order valence-corrected chi connectivity index (χ3v) is 8.46. The summed E-state index contributed by atoms with van der Waals surface area (Å²) in [5, 5.41) is 20.5. The topological polar surface area (TPSA) is 92.6 Å². The van der Waals surface area contributed by atoms with E-state index >= 15 is 0 Å². The van der Waals surface area contributed by atoms with Crippen LogP contribution in [0.15, 0.2) is 82.7 Å². The molecule has 0 saturated carbocycles. The number of rotatable bonds is 7. The fourth-order valence-corrected chi connectivity index (χ4v) is 6.03. The van der Waals surface area contributed by atoms with E-state index in [1.807, 2.05) is 6.92 Å². The lowest BCUT2D eigenvalue weighted by Crippen LogP contribution is -2.29. The molecule has 38 heavy (non-hydrogen) atoms. The number of aryl methyl sites for hydroxylation is 1. The van der Waals surface area contributed by atoms with Gasteiger partial charge in [0.05, 0.1) is 18.7 Å². The summed E-state index contributed by atoms with van der Waals surface area (Å²) >= 11 is 8.83. The zero-order valence-corrected chi connectivity index (χ0v) is 22.8. The number of Topliss-reactive ketones (excluding diaryl/α,β-unsaturated/α-hetero) is 1. The SMILES string of the molecule is COc1ccc(/C(O)=C2/C(=O)C(=O)N(c3nnc(SCc4ccc(C)cc4)s3)C2c2ccc(Cl)cc2)cc1. The van der Waals surface area contributed by atoms with E-state index in [9.17, 15) is 14.7 Å². The molecule has 1 fully saturated rings. The van der Waals surface area contributed by atoms with E-state index in [-0.39, 0.29) is 16.5 Å². The number of thioether (sulfide) groups is 1. The molecule has 0 bridgehead atoms. The Labute approximate surface area is 232 Å². The maximum Gasteiger partial charge on any atom is 0.301 e. The van der Waals surface area contributed by atoms with Crippen LogP contribution in [0.4, 0.5) is 5.13 Å². The zero-order chi connectivity index (χ0) is 26.8. The molecule has 0 radical (unpaired) electrons. The van der Waals surface area contributed by atoms with Gasteiger partial charge in [0.1, 0.15) is 11.5 Å². The van der Waals surface area contributed by atoms with Gasteiger partial charge in [0.2, 0.25) is 5.13 Å². The molecule has 3 aromatic carbocycles. The number of ether oxygens (including phenoxy) is 1. The molecule has 1 N–H and O–H groups in total. The van der Waals surface area contributed by atoms with Crippen LogP contribution in [-0.2, 0) is 15.3 Å². The fourth-order valence-electron chi connectivity index (χ4n) is 4.08. The third-order valence-electron chi connectivity index (χ3n) is 6.08. The molecule has 0 aliphatic carbocycles. The summed E-state index contributed by atoms with van der Waals surface area (Å²) in [5.41, 5.74) is 3.27.